The summed E-state index contributed by atoms with van der Waals surface area (Å²) in [4.78, 5) is 11.8. The molecule has 0 saturated carbocycles. The Kier molecular flexibility index (Phi) is 6.48. The average molecular weight is 342 g/mol. The van der Waals surface area contributed by atoms with E-state index < -0.39 is 5.54 Å². The molecule has 0 heterocycles. The van der Waals surface area contributed by atoms with Crippen molar-refractivity contribution in [3.05, 3.63) is 33.3 Å². The summed E-state index contributed by atoms with van der Waals surface area (Å²) < 4.78 is 0.841. The van der Waals surface area contributed by atoms with Crippen LogP contribution in [0.1, 0.15) is 24.2 Å². The molecule has 0 fully saturated rings. The Balaban J connectivity index is 0.00000256. The quantitative estimate of drug-likeness (QED) is 0.887. The highest BCUT2D eigenvalue weighted by atomic mass is 79.9. The lowest BCUT2D eigenvalue weighted by Crippen LogP contribution is -2.45. The minimum Gasteiger partial charge on any atom is -0.350 e. The first-order chi connectivity index (χ1) is 7.29. The maximum absolute atomic E-state index is 11.8. The number of halogens is 3. The van der Waals surface area contributed by atoms with Crippen LogP contribution in [-0.2, 0) is 0 Å². The van der Waals surface area contributed by atoms with Gasteiger partial charge in [-0.1, -0.05) is 27.5 Å². The van der Waals surface area contributed by atoms with E-state index >= 15 is 0 Å². The molecule has 1 aromatic rings. The molecule has 1 amide bonds. The monoisotopic (exact) mass is 340 g/mol. The molecule has 3 N–H and O–H groups in total. The number of carbonyl (C=O) groups excluding carboxylic acids is 1. The summed E-state index contributed by atoms with van der Waals surface area (Å²) in [5.74, 6) is -0.212. The van der Waals surface area contributed by atoms with Crippen molar-refractivity contribution in [2.45, 2.75) is 19.4 Å². The van der Waals surface area contributed by atoms with Crippen molar-refractivity contribution in [3.63, 3.8) is 0 Å². The van der Waals surface area contributed by atoms with Crippen LogP contribution in [0.5, 0.6) is 0 Å². The third-order valence-corrected chi connectivity index (χ3v) is 2.69. The van der Waals surface area contributed by atoms with Gasteiger partial charge >= 0.3 is 0 Å². The number of carbonyl (C=O) groups is 1. The number of nitrogens with two attached hydrogens (primary N) is 1. The van der Waals surface area contributed by atoms with Crippen molar-refractivity contribution in [2.24, 2.45) is 5.73 Å². The number of rotatable bonds is 3. The lowest BCUT2D eigenvalue weighted by Gasteiger charge is -2.19. The average Bonchev–Trinajstić information content (AvgIpc) is 2.13. The highest BCUT2D eigenvalue weighted by Crippen LogP contribution is 2.21. The highest BCUT2D eigenvalue weighted by molar-refractivity contribution is 9.10. The van der Waals surface area contributed by atoms with Gasteiger partial charge in [-0.05, 0) is 32.0 Å². The van der Waals surface area contributed by atoms with E-state index in [1.807, 2.05) is 13.8 Å². The highest BCUT2D eigenvalue weighted by Gasteiger charge is 2.15. The molecular weight excluding hydrogens is 327 g/mol. The summed E-state index contributed by atoms with van der Waals surface area (Å²) in [7, 11) is 0. The van der Waals surface area contributed by atoms with Crippen molar-refractivity contribution >= 4 is 45.8 Å². The Bertz CT molecular complexity index is 405. The van der Waals surface area contributed by atoms with Gasteiger partial charge in [0.2, 0.25) is 0 Å². The first-order valence-electron chi connectivity index (χ1n) is 4.82. The molecule has 0 bridgehead atoms. The lowest BCUT2D eigenvalue weighted by molar-refractivity contribution is 0.0946. The Labute approximate surface area is 121 Å². The van der Waals surface area contributed by atoms with E-state index in [0.29, 0.717) is 17.1 Å². The van der Waals surface area contributed by atoms with Gasteiger partial charge in [0.15, 0.2) is 0 Å². The van der Waals surface area contributed by atoms with Crippen molar-refractivity contribution in [1.29, 1.82) is 0 Å². The molecule has 1 aromatic carbocycles. The van der Waals surface area contributed by atoms with Crippen LogP contribution in [0.15, 0.2) is 22.7 Å². The smallest absolute Gasteiger partial charge is 0.252 e. The predicted octanol–water partition coefficient (Wildman–Crippen LogP) is 2.99. The standard InChI is InChI=1S/C11H14BrClN2O.ClH/c1-11(2,14)6-15-10(16)8-4-3-7(12)5-9(8)13;/h3-5H,6,14H2,1-2H3,(H,15,16);1H. The van der Waals surface area contributed by atoms with Crippen LogP contribution in [-0.4, -0.2) is 18.0 Å². The summed E-state index contributed by atoms with van der Waals surface area (Å²) in [5.41, 5.74) is 5.79. The molecular formula is C11H15BrCl2N2O. The van der Waals surface area contributed by atoms with Crippen molar-refractivity contribution in [1.82, 2.24) is 5.32 Å². The molecule has 0 unspecified atom stereocenters. The molecule has 0 aliphatic rings. The summed E-state index contributed by atoms with van der Waals surface area (Å²) in [6, 6.07) is 5.13. The fourth-order valence-electron chi connectivity index (χ4n) is 1.08. The summed E-state index contributed by atoms with van der Waals surface area (Å²) in [6.45, 7) is 4.09. The van der Waals surface area contributed by atoms with Crippen LogP contribution in [0, 0.1) is 0 Å². The maximum Gasteiger partial charge on any atom is 0.252 e. The lowest BCUT2D eigenvalue weighted by atomic mass is 10.1. The van der Waals surface area contributed by atoms with Crippen molar-refractivity contribution in [2.75, 3.05) is 6.54 Å². The fraction of sp³-hybridized carbons (Fsp3) is 0.364. The number of amides is 1. The Morgan fingerprint density at radius 2 is 2.12 bits per heavy atom. The number of hydrogen-bond acceptors (Lipinski definition) is 2. The topological polar surface area (TPSA) is 55.1 Å². The molecule has 1 rings (SSSR count). The third-order valence-electron chi connectivity index (χ3n) is 1.88. The first kappa shape index (κ1) is 16.7. The number of benzene rings is 1. The van der Waals surface area contributed by atoms with E-state index in [1.54, 1.807) is 18.2 Å². The van der Waals surface area contributed by atoms with Crippen LogP contribution >= 0.6 is 39.9 Å². The molecule has 0 atom stereocenters. The van der Waals surface area contributed by atoms with Gasteiger partial charge < -0.3 is 11.1 Å². The Morgan fingerprint density at radius 1 is 1.53 bits per heavy atom. The zero-order valence-corrected chi connectivity index (χ0v) is 12.7. The van der Waals surface area contributed by atoms with Gasteiger partial charge in [-0.2, -0.15) is 0 Å². The zero-order chi connectivity index (χ0) is 12.3. The Morgan fingerprint density at radius 3 is 2.59 bits per heavy atom. The van der Waals surface area contributed by atoms with Gasteiger partial charge in [-0.25, -0.2) is 0 Å². The first-order valence-corrected chi connectivity index (χ1v) is 5.99. The van der Waals surface area contributed by atoms with E-state index in [0.717, 1.165) is 4.47 Å². The van der Waals surface area contributed by atoms with Crippen LogP contribution in [0.25, 0.3) is 0 Å². The molecule has 17 heavy (non-hydrogen) atoms. The van der Waals surface area contributed by atoms with Crippen LogP contribution < -0.4 is 11.1 Å². The molecule has 0 aliphatic heterocycles. The summed E-state index contributed by atoms with van der Waals surface area (Å²) in [5, 5.41) is 3.15. The largest absolute Gasteiger partial charge is 0.350 e. The molecule has 0 aromatic heterocycles. The minimum atomic E-state index is -0.433. The van der Waals surface area contributed by atoms with Gasteiger partial charge in [-0.3, -0.25) is 4.79 Å². The third kappa shape index (κ3) is 5.73. The van der Waals surface area contributed by atoms with E-state index in [4.69, 9.17) is 17.3 Å². The van der Waals surface area contributed by atoms with Gasteiger partial charge in [0.25, 0.3) is 5.91 Å². The minimum absolute atomic E-state index is 0. The number of nitrogens with one attached hydrogen (secondary N) is 1. The zero-order valence-electron chi connectivity index (χ0n) is 9.59. The second kappa shape index (κ2) is 6.59. The summed E-state index contributed by atoms with van der Waals surface area (Å²) in [6.07, 6.45) is 0. The van der Waals surface area contributed by atoms with Gasteiger partial charge in [-0.15, -0.1) is 12.4 Å². The number of hydrogen-bond donors (Lipinski definition) is 2. The summed E-state index contributed by atoms with van der Waals surface area (Å²) >= 11 is 9.23. The molecule has 3 nitrogen and oxygen atoms in total. The van der Waals surface area contributed by atoms with Crippen LogP contribution in [0.4, 0.5) is 0 Å². The molecule has 96 valence electrons. The molecule has 0 spiro atoms. The maximum atomic E-state index is 11.8. The molecule has 0 saturated heterocycles. The second-order valence-corrected chi connectivity index (χ2v) is 5.62. The van der Waals surface area contributed by atoms with Gasteiger partial charge in [0.05, 0.1) is 10.6 Å². The SMILES string of the molecule is CC(C)(N)CNC(=O)c1ccc(Br)cc1Cl.Cl. The normalized spacial score (nSPS) is 10.6. The van der Waals surface area contributed by atoms with E-state index in [2.05, 4.69) is 21.2 Å². The van der Waals surface area contributed by atoms with E-state index in [-0.39, 0.29) is 18.3 Å². The van der Waals surface area contributed by atoms with E-state index in [9.17, 15) is 4.79 Å². The van der Waals surface area contributed by atoms with Crippen LogP contribution in [0.3, 0.4) is 0 Å². The fourth-order valence-corrected chi connectivity index (χ4v) is 1.84. The predicted molar refractivity (Wildman–Crippen MR) is 77.0 cm³/mol. The Hall–Kier alpha value is -0.290. The van der Waals surface area contributed by atoms with Crippen molar-refractivity contribution < 1.29 is 4.79 Å². The second-order valence-electron chi connectivity index (χ2n) is 4.30. The molecule has 0 radical (unpaired) electrons. The van der Waals surface area contributed by atoms with Crippen molar-refractivity contribution in [3.8, 4) is 0 Å². The van der Waals surface area contributed by atoms with Crippen LogP contribution in [0.2, 0.25) is 5.02 Å². The van der Waals surface area contributed by atoms with Gasteiger partial charge in [0.1, 0.15) is 0 Å². The molecule has 0 aliphatic carbocycles. The van der Waals surface area contributed by atoms with E-state index in [1.165, 1.54) is 0 Å². The van der Waals surface area contributed by atoms with Gasteiger partial charge in [0, 0.05) is 16.6 Å². The molecule has 6 heteroatoms.